The number of fused-ring (bicyclic) bond motifs is 1. The van der Waals surface area contributed by atoms with Crippen LogP contribution in [-0.2, 0) is 23.2 Å². The number of nitrogens with one attached hydrogen (secondary N) is 1. The minimum absolute atomic E-state index is 0.111. The maximum atomic E-state index is 13.1. The molecule has 0 spiro atoms. The second kappa shape index (κ2) is 10.4. The zero-order valence-electron chi connectivity index (χ0n) is 18.6. The molecule has 0 saturated heterocycles. The number of carbonyl (C=O) groups excluding carboxylic acids is 2. The highest BCUT2D eigenvalue weighted by Crippen LogP contribution is 2.21. The van der Waals surface area contributed by atoms with E-state index in [9.17, 15) is 14.4 Å². The lowest BCUT2D eigenvalue weighted by atomic mass is 10.2. The van der Waals surface area contributed by atoms with Gasteiger partial charge in [0.15, 0.2) is 5.16 Å². The van der Waals surface area contributed by atoms with Gasteiger partial charge in [0.25, 0.3) is 5.56 Å². The fraction of sp³-hybridized carbons (Fsp3) is 0.409. The third-order valence-electron chi connectivity index (χ3n) is 5.24. The number of nitrogens with two attached hydrogens (primary N) is 1. The van der Waals surface area contributed by atoms with Crippen LogP contribution in [0.15, 0.2) is 34.2 Å². The van der Waals surface area contributed by atoms with Crippen molar-refractivity contribution in [1.82, 2.24) is 19.3 Å². The molecule has 32 heavy (non-hydrogen) atoms. The van der Waals surface area contributed by atoms with Crippen molar-refractivity contribution < 1.29 is 9.59 Å². The molecule has 3 rings (SSSR count). The molecule has 0 fully saturated rings. The molecule has 2 aromatic heterocycles. The van der Waals surface area contributed by atoms with Crippen molar-refractivity contribution in [2.75, 3.05) is 11.1 Å². The van der Waals surface area contributed by atoms with Gasteiger partial charge in [0.05, 0.1) is 33.7 Å². The number of unbranched alkanes of at least 4 members (excludes halogenated alkanes) is 2. The van der Waals surface area contributed by atoms with Gasteiger partial charge in [-0.05, 0) is 38.8 Å². The molecule has 3 aromatic rings. The molecule has 3 N–H and O–H groups in total. The molecule has 0 unspecified atom stereocenters. The number of benzene rings is 1. The Balaban J connectivity index is 1.75. The quantitative estimate of drug-likeness (QED) is 0.274. The van der Waals surface area contributed by atoms with Gasteiger partial charge in [-0.15, -0.1) is 0 Å². The topological polar surface area (TPSA) is 125 Å². The molecule has 170 valence electrons. The molecule has 9 nitrogen and oxygen atoms in total. The van der Waals surface area contributed by atoms with Gasteiger partial charge in [-0.2, -0.15) is 5.10 Å². The molecule has 2 amide bonds. The van der Waals surface area contributed by atoms with E-state index in [2.05, 4.69) is 15.4 Å². The third kappa shape index (κ3) is 5.56. The lowest BCUT2D eigenvalue weighted by Crippen LogP contribution is -2.24. The first-order valence-corrected chi connectivity index (χ1v) is 11.5. The normalized spacial score (nSPS) is 11.1. The highest BCUT2D eigenvalue weighted by molar-refractivity contribution is 7.99. The van der Waals surface area contributed by atoms with E-state index in [4.69, 9.17) is 5.73 Å². The van der Waals surface area contributed by atoms with Gasteiger partial charge in [-0.25, -0.2) is 4.98 Å². The van der Waals surface area contributed by atoms with E-state index >= 15 is 0 Å². The Labute approximate surface area is 190 Å². The number of hydrogen-bond acceptors (Lipinski definition) is 6. The van der Waals surface area contributed by atoms with E-state index in [1.54, 1.807) is 27.4 Å². The molecule has 0 atom stereocenters. The maximum absolute atomic E-state index is 13.1. The standard InChI is InChI=1S/C22H28N6O3S/c1-14-20(15(2)27(3)26-14)25-19(30)13-32-22-24-17-10-7-6-9-16(17)21(31)28(22)12-8-4-5-11-18(23)29/h6-7,9-10H,4-5,8,11-13H2,1-3H3,(H2,23,29)(H,25,30). The molecule has 1 aromatic carbocycles. The van der Waals surface area contributed by atoms with Crippen LogP contribution in [0.5, 0.6) is 0 Å². The summed E-state index contributed by atoms with van der Waals surface area (Å²) in [5.74, 6) is -0.402. The predicted octanol–water partition coefficient (Wildman–Crippen LogP) is 2.52. The molecule has 0 aliphatic carbocycles. The Kier molecular flexibility index (Phi) is 7.68. The van der Waals surface area contributed by atoms with Crippen molar-refractivity contribution >= 4 is 40.2 Å². The number of carbonyl (C=O) groups is 2. The molecule has 10 heteroatoms. The molecule has 0 bridgehead atoms. The third-order valence-corrected chi connectivity index (χ3v) is 6.21. The summed E-state index contributed by atoms with van der Waals surface area (Å²) in [4.78, 5) is 41.2. The first-order valence-electron chi connectivity index (χ1n) is 10.5. The van der Waals surface area contributed by atoms with E-state index in [1.807, 2.05) is 27.0 Å². The monoisotopic (exact) mass is 456 g/mol. The second-order valence-electron chi connectivity index (χ2n) is 7.65. The molecular formula is C22H28N6O3S. The summed E-state index contributed by atoms with van der Waals surface area (Å²) < 4.78 is 3.34. The minimum atomic E-state index is -0.323. The number of amides is 2. The Morgan fingerprint density at radius 1 is 1.16 bits per heavy atom. The summed E-state index contributed by atoms with van der Waals surface area (Å²) in [6.07, 6.45) is 2.49. The smallest absolute Gasteiger partial charge is 0.262 e. The van der Waals surface area contributed by atoms with Crippen LogP contribution in [0.4, 0.5) is 5.69 Å². The lowest BCUT2D eigenvalue weighted by molar-refractivity contribution is -0.118. The van der Waals surface area contributed by atoms with Crippen molar-refractivity contribution in [1.29, 1.82) is 0 Å². The molecular weight excluding hydrogens is 428 g/mol. The average molecular weight is 457 g/mol. The fourth-order valence-electron chi connectivity index (χ4n) is 3.46. The van der Waals surface area contributed by atoms with Gasteiger partial charge in [-0.3, -0.25) is 23.6 Å². The van der Waals surface area contributed by atoms with Gasteiger partial charge in [0.2, 0.25) is 11.8 Å². The second-order valence-corrected chi connectivity index (χ2v) is 8.59. The SMILES string of the molecule is Cc1nn(C)c(C)c1NC(=O)CSc1nc2ccccc2c(=O)n1CCCCCC(N)=O. The fourth-order valence-corrected chi connectivity index (χ4v) is 4.29. The van der Waals surface area contributed by atoms with Crippen LogP contribution >= 0.6 is 11.8 Å². The Bertz CT molecular complexity index is 1200. The summed E-state index contributed by atoms with van der Waals surface area (Å²) in [6.45, 7) is 4.19. The van der Waals surface area contributed by atoms with Gasteiger partial charge in [0.1, 0.15) is 0 Å². The average Bonchev–Trinajstić information content (AvgIpc) is 2.99. The zero-order valence-corrected chi connectivity index (χ0v) is 19.4. The van der Waals surface area contributed by atoms with Crippen molar-refractivity contribution in [3.63, 3.8) is 0 Å². The minimum Gasteiger partial charge on any atom is -0.370 e. The van der Waals surface area contributed by atoms with E-state index < -0.39 is 0 Å². The van der Waals surface area contributed by atoms with Crippen LogP contribution in [0.3, 0.4) is 0 Å². The number of thioether (sulfide) groups is 1. The molecule has 0 radical (unpaired) electrons. The van der Waals surface area contributed by atoms with Gasteiger partial charge >= 0.3 is 0 Å². The van der Waals surface area contributed by atoms with Crippen molar-refractivity contribution in [3.05, 3.63) is 46.0 Å². The molecule has 2 heterocycles. The maximum Gasteiger partial charge on any atom is 0.262 e. The number of aromatic nitrogens is 4. The van der Waals surface area contributed by atoms with Crippen LogP contribution in [0.2, 0.25) is 0 Å². The number of primary amides is 1. The van der Waals surface area contributed by atoms with Crippen LogP contribution in [-0.4, -0.2) is 36.9 Å². The van der Waals surface area contributed by atoms with Crippen LogP contribution < -0.4 is 16.6 Å². The zero-order chi connectivity index (χ0) is 23.3. The number of para-hydroxylation sites is 1. The largest absolute Gasteiger partial charge is 0.370 e. The number of rotatable bonds is 10. The van der Waals surface area contributed by atoms with Crippen LogP contribution in [0.1, 0.15) is 37.1 Å². The predicted molar refractivity (Wildman–Crippen MR) is 126 cm³/mol. The van der Waals surface area contributed by atoms with Crippen molar-refractivity contribution in [2.24, 2.45) is 12.8 Å². The number of nitrogens with zero attached hydrogens (tertiary/aromatic N) is 4. The number of aryl methyl sites for hydroxylation is 2. The molecule has 0 aliphatic rings. The Hall–Kier alpha value is -3.14. The van der Waals surface area contributed by atoms with E-state index in [1.165, 1.54) is 11.8 Å². The highest BCUT2D eigenvalue weighted by atomic mass is 32.2. The van der Waals surface area contributed by atoms with Crippen LogP contribution in [0.25, 0.3) is 10.9 Å². The summed E-state index contributed by atoms with van der Waals surface area (Å²) in [7, 11) is 1.83. The summed E-state index contributed by atoms with van der Waals surface area (Å²) >= 11 is 1.23. The first kappa shape index (κ1) is 23.5. The van der Waals surface area contributed by atoms with E-state index in [0.717, 1.165) is 17.8 Å². The Morgan fingerprint density at radius 3 is 2.59 bits per heavy atom. The van der Waals surface area contributed by atoms with Crippen molar-refractivity contribution in [2.45, 2.75) is 51.2 Å². The van der Waals surface area contributed by atoms with Gasteiger partial charge in [-0.1, -0.05) is 30.3 Å². The molecule has 0 aliphatic heterocycles. The van der Waals surface area contributed by atoms with Crippen molar-refractivity contribution in [3.8, 4) is 0 Å². The first-order chi connectivity index (χ1) is 15.3. The lowest BCUT2D eigenvalue weighted by Gasteiger charge is -2.13. The Morgan fingerprint density at radius 2 is 1.91 bits per heavy atom. The molecule has 0 saturated carbocycles. The number of anilines is 1. The summed E-state index contributed by atoms with van der Waals surface area (Å²) in [6, 6.07) is 7.18. The summed E-state index contributed by atoms with van der Waals surface area (Å²) in [5, 5.41) is 8.26. The summed E-state index contributed by atoms with van der Waals surface area (Å²) in [5.41, 5.74) is 7.99. The highest BCUT2D eigenvalue weighted by Gasteiger charge is 2.16. The van der Waals surface area contributed by atoms with Gasteiger partial charge in [0, 0.05) is 20.0 Å². The van der Waals surface area contributed by atoms with E-state index in [-0.39, 0.29) is 23.1 Å². The van der Waals surface area contributed by atoms with E-state index in [0.29, 0.717) is 47.6 Å². The van der Waals surface area contributed by atoms with Crippen LogP contribution in [0, 0.1) is 13.8 Å². The number of hydrogen-bond donors (Lipinski definition) is 2. The van der Waals surface area contributed by atoms with Gasteiger partial charge < -0.3 is 11.1 Å².